The van der Waals surface area contributed by atoms with E-state index in [1.807, 2.05) is 19.9 Å². The van der Waals surface area contributed by atoms with Crippen molar-refractivity contribution in [1.82, 2.24) is 19.7 Å². The summed E-state index contributed by atoms with van der Waals surface area (Å²) in [6.45, 7) is 3.72. The zero-order valence-electron chi connectivity index (χ0n) is 12.9. The highest BCUT2D eigenvalue weighted by molar-refractivity contribution is 6.04. The van der Waals surface area contributed by atoms with Gasteiger partial charge in [-0.05, 0) is 32.0 Å². The molecule has 1 aromatic carbocycles. The fraction of sp³-hybridized carbons (Fsp3) is 0.125. The molecule has 0 saturated carbocycles. The molecule has 0 aliphatic heterocycles. The number of hydrogen-bond donors (Lipinski definition) is 1. The van der Waals surface area contributed by atoms with Gasteiger partial charge in [-0.15, -0.1) is 0 Å². The van der Waals surface area contributed by atoms with Crippen LogP contribution in [0.3, 0.4) is 0 Å². The third kappa shape index (κ3) is 3.12. The summed E-state index contributed by atoms with van der Waals surface area (Å²) in [6.07, 6.45) is 1.27. The van der Waals surface area contributed by atoms with Gasteiger partial charge in [-0.3, -0.25) is 4.79 Å². The summed E-state index contributed by atoms with van der Waals surface area (Å²) < 4.78 is 28.2. The molecule has 0 saturated heterocycles. The number of nitrogens with zero attached hydrogens (tertiary/aromatic N) is 4. The Morgan fingerprint density at radius 3 is 2.58 bits per heavy atom. The van der Waals surface area contributed by atoms with Gasteiger partial charge >= 0.3 is 0 Å². The minimum Gasteiger partial charge on any atom is -0.306 e. The third-order valence-electron chi connectivity index (χ3n) is 3.30. The highest BCUT2D eigenvalue weighted by Gasteiger charge is 2.14. The summed E-state index contributed by atoms with van der Waals surface area (Å²) in [5.74, 6) is -1.78. The quantitative estimate of drug-likeness (QED) is 0.802. The van der Waals surface area contributed by atoms with Gasteiger partial charge in [-0.1, -0.05) is 0 Å². The number of carbonyl (C=O) groups is 1. The third-order valence-corrected chi connectivity index (χ3v) is 3.30. The Kier molecular flexibility index (Phi) is 4.03. The van der Waals surface area contributed by atoms with Crippen molar-refractivity contribution in [2.75, 3.05) is 5.32 Å². The number of rotatable bonds is 3. The van der Waals surface area contributed by atoms with Gasteiger partial charge in [0.05, 0.1) is 11.3 Å². The second-order valence-electron chi connectivity index (χ2n) is 5.18. The second kappa shape index (κ2) is 6.15. The van der Waals surface area contributed by atoms with Gasteiger partial charge in [0.1, 0.15) is 23.8 Å². The van der Waals surface area contributed by atoms with E-state index in [1.54, 1.807) is 4.68 Å². The standard InChI is InChI=1S/C16H13F2N5O/c1-9-5-10(2)23(22-9)15-7-14(19-8-20-15)21-16(24)12-4-3-11(17)6-13(12)18/h3-8H,1-2H3,(H,19,20,21,24). The molecule has 0 aliphatic rings. The zero-order chi connectivity index (χ0) is 17.3. The van der Waals surface area contributed by atoms with E-state index in [9.17, 15) is 13.6 Å². The van der Waals surface area contributed by atoms with Gasteiger partial charge in [0.2, 0.25) is 0 Å². The Labute approximate surface area is 136 Å². The van der Waals surface area contributed by atoms with Crippen molar-refractivity contribution in [3.8, 4) is 5.82 Å². The summed E-state index contributed by atoms with van der Waals surface area (Å²) >= 11 is 0. The van der Waals surface area contributed by atoms with Crippen LogP contribution in [0.5, 0.6) is 0 Å². The van der Waals surface area contributed by atoms with Crippen LogP contribution in [0.15, 0.2) is 36.7 Å². The fourth-order valence-corrected chi connectivity index (χ4v) is 2.25. The molecule has 0 bridgehead atoms. The lowest BCUT2D eigenvalue weighted by Crippen LogP contribution is -2.15. The zero-order valence-corrected chi connectivity index (χ0v) is 12.9. The van der Waals surface area contributed by atoms with Crippen LogP contribution in [0.1, 0.15) is 21.7 Å². The molecule has 2 aromatic heterocycles. The number of halogens is 2. The molecule has 0 unspecified atom stereocenters. The van der Waals surface area contributed by atoms with Gasteiger partial charge < -0.3 is 5.32 Å². The molecule has 1 N–H and O–H groups in total. The first-order valence-electron chi connectivity index (χ1n) is 7.06. The van der Waals surface area contributed by atoms with Gasteiger partial charge in [0, 0.05) is 17.8 Å². The second-order valence-corrected chi connectivity index (χ2v) is 5.18. The molecule has 3 rings (SSSR count). The first kappa shape index (κ1) is 15.7. The molecule has 0 aliphatic carbocycles. The van der Waals surface area contributed by atoms with Crippen molar-refractivity contribution in [2.45, 2.75) is 13.8 Å². The topological polar surface area (TPSA) is 72.7 Å². The van der Waals surface area contributed by atoms with Crippen LogP contribution < -0.4 is 5.32 Å². The maximum absolute atomic E-state index is 13.7. The number of aryl methyl sites for hydroxylation is 2. The van der Waals surface area contributed by atoms with E-state index >= 15 is 0 Å². The summed E-state index contributed by atoms with van der Waals surface area (Å²) in [5.41, 5.74) is 1.42. The highest BCUT2D eigenvalue weighted by atomic mass is 19.1. The van der Waals surface area contributed by atoms with Crippen LogP contribution in [-0.2, 0) is 0 Å². The number of nitrogens with one attached hydrogen (secondary N) is 1. The van der Waals surface area contributed by atoms with Crippen LogP contribution in [0.4, 0.5) is 14.6 Å². The molecule has 0 fully saturated rings. The number of aromatic nitrogens is 4. The van der Waals surface area contributed by atoms with Crippen LogP contribution in [0, 0.1) is 25.5 Å². The summed E-state index contributed by atoms with van der Waals surface area (Å²) in [6, 6.07) is 6.13. The molecule has 3 aromatic rings. The van der Waals surface area contributed by atoms with Crippen molar-refractivity contribution in [1.29, 1.82) is 0 Å². The number of amides is 1. The number of carbonyl (C=O) groups excluding carboxylic acids is 1. The average molecular weight is 329 g/mol. The van der Waals surface area contributed by atoms with E-state index < -0.39 is 17.5 Å². The van der Waals surface area contributed by atoms with E-state index in [0.717, 1.165) is 23.5 Å². The Morgan fingerprint density at radius 1 is 1.12 bits per heavy atom. The molecule has 0 atom stereocenters. The molecule has 1 amide bonds. The lowest BCUT2D eigenvalue weighted by atomic mass is 10.2. The van der Waals surface area contributed by atoms with E-state index in [2.05, 4.69) is 20.4 Å². The van der Waals surface area contributed by atoms with Crippen molar-refractivity contribution < 1.29 is 13.6 Å². The maximum atomic E-state index is 13.7. The number of benzene rings is 1. The van der Waals surface area contributed by atoms with Crippen molar-refractivity contribution in [3.05, 3.63) is 65.2 Å². The molecule has 0 spiro atoms. The highest BCUT2D eigenvalue weighted by Crippen LogP contribution is 2.15. The van der Waals surface area contributed by atoms with Gasteiger partial charge in [0.25, 0.3) is 5.91 Å². The Morgan fingerprint density at radius 2 is 1.92 bits per heavy atom. The largest absolute Gasteiger partial charge is 0.306 e. The fourth-order valence-electron chi connectivity index (χ4n) is 2.25. The lowest BCUT2D eigenvalue weighted by Gasteiger charge is -2.08. The molecule has 2 heterocycles. The predicted molar refractivity (Wildman–Crippen MR) is 82.9 cm³/mol. The molecular weight excluding hydrogens is 316 g/mol. The first-order valence-corrected chi connectivity index (χ1v) is 7.06. The SMILES string of the molecule is Cc1cc(C)n(-c2cc(NC(=O)c3ccc(F)cc3F)ncn2)n1. The first-order chi connectivity index (χ1) is 11.4. The van der Waals surface area contributed by atoms with Crippen LogP contribution in [-0.4, -0.2) is 25.7 Å². The molecule has 122 valence electrons. The van der Waals surface area contributed by atoms with Gasteiger partial charge in [-0.25, -0.2) is 23.4 Å². The summed E-state index contributed by atoms with van der Waals surface area (Å²) in [4.78, 5) is 20.1. The normalized spacial score (nSPS) is 10.7. The lowest BCUT2D eigenvalue weighted by molar-refractivity contribution is 0.102. The average Bonchev–Trinajstić information content (AvgIpc) is 2.86. The molecule has 8 heteroatoms. The van der Waals surface area contributed by atoms with Crippen LogP contribution >= 0.6 is 0 Å². The van der Waals surface area contributed by atoms with E-state index in [1.165, 1.54) is 12.4 Å². The maximum Gasteiger partial charge on any atom is 0.259 e. The van der Waals surface area contributed by atoms with Crippen LogP contribution in [0.25, 0.3) is 5.82 Å². The van der Waals surface area contributed by atoms with E-state index in [0.29, 0.717) is 11.9 Å². The Bertz CT molecular complexity index is 923. The molecule has 0 radical (unpaired) electrons. The van der Waals surface area contributed by atoms with E-state index in [-0.39, 0.29) is 11.4 Å². The minimum absolute atomic E-state index is 0.182. The monoisotopic (exact) mass is 329 g/mol. The minimum atomic E-state index is -0.944. The predicted octanol–water partition coefficient (Wildman–Crippen LogP) is 2.81. The van der Waals surface area contributed by atoms with Gasteiger partial charge in [-0.2, -0.15) is 5.10 Å². The molecule has 24 heavy (non-hydrogen) atoms. The summed E-state index contributed by atoms with van der Waals surface area (Å²) in [5, 5.41) is 6.76. The number of hydrogen-bond acceptors (Lipinski definition) is 4. The summed E-state index contributed by atoms with van der Waals surface area (Å²) in [7, 11) is 0. The smallest absolute Gasteiger partial charge is 0.259 e. The molecular formula is C16H13F2N5O. The van der Waals surface area contributed by atoms with Crippen LogP contribution in [0.2, 0.25) is 0 Å². The van der Waals surface area contributed by atoms with Crippen molar-refractivity contribution >= 4 is 11.7 Å². The molecule has 6 nitrogen and oxygen atoms in total. The number of anilines is 1. The van der Waals surface area contributed by atoms with Crippen molar-refractivity contribution in [2.24, 2.45) is 0 Å². The van der Waals surface area contributed by atoms with Gasteiger partial charge in [0.15, 0.2) is 5.82 Å². The Balaban J connectivity index is 1.87. The van der Waals surface area contributed by atoms with E-state index in [4.69, 9.17) is 0 Å². The van der Waals surface area contributed by atoms with Crippen molar-refractivity contribution in [3.63, 3.8) is 0 Å². The Hall–Kier alpha value is -3.16.